The standard InChI is InChI=1S/C18H23FN4OS/c1-12(17(24)20-15-10-8-14(19)9-11-15)25-18-22-21-13(2)23(18)16-6-4-3-5-7-16/h8-12,16H,3-7H2,1-2H3,(H,20,24). The van der Waals surface area contributed by atoms with Crippen LogP contribution in [-0.4, -0.2) is 25.9 Å². The molecule has 1 amide bonds. The predicted octanol–water partition coefficient (Wildman–Crippen LogP) is 4.35. The van der Waals surface area contributed by atoms with Gasteiger partial charge in [0.2, 0.25) is 5.91 Å². The molecular formula is C18H23FN4OS. The lowest BCUT2D eigenvalue weighted by Gasteiger charge is -2.25. The molecule has 1 aromatic heterocycles. The number of thioether (sulfide) groups is 1. The van der Waals surface area contributed by atoms with Crippen LogP contribution in [0.3, 0.4) is 0 Å². The monoisotopic (exact) mass is 362 g/mol. The van der Waals surface area contributed by atoms with Crippen LogP contribution in [0.25, 0.3) is 0 Å². The normalized spacial score (nSPS) is 16.6. The van der Waals surface area contributed by atoms with Crippen molar-refractivity contribution in [3.63, 3.8) is 0 Å². The Morgan fingerprint density at radius 1 is 1.24 bits per heavy atom. The summed E-state index contributed by atoms with van der Waals surface area (Å²) in [5.74, 6) is 0.449. The number of nitrogens with one attached hydrogen (secondary N) is 1. The van der Waals surface area contributed by atoms with Crippen LogP contribution >= 0.6 is 11.8 Å². The first kappa shape index (κ1) is 17.9. The first-order valence-corrected chi connectivity index (χ1v) is 9.57. The average Bonchev–Trinajstić information content (AvgIpc) is 2.98. The fraction of sp³-hybridized carbons (Fsp3) is 0.500. The van der Waals surface area contributed by atoms with E-state index >= 15 is 0 Å². The molecule has 3 rings (SSSR count). The van der Waals surface area contributed by atoms with Crippen LogP contribution in [0.2, 0.25) is 0 Å². The summed E-state index contributed by atoms with van der Waals surface area (Å²) in [4.78, 5) is 12.4. The fourth-order valence-corrected chi connectivity index (χ4v) is 4.14. The van der Waals surface area contributed by atoms with Crippen molar-refractivity contribution < 1.29 is 9.18 Å². The molecule has 1 aromatic carbocycles. The van der Waals surface area contributed by atoms with E-state index in [-0.39, 0.29) is 17.0 Å². The lowest BCUT2D eigenvalue weighted by atomic mass is 9.95. The Morgan fingerprint density at radius 2 is 1.92 bits per heavy atom. The molecule has 1 saturated carbocycles. The fourth-order valence-electron chi connectivity index (χ4n) is 3.18. The number of halogens is 1. The number of hydrogen-bond donors (Lipinski definition) is 1. The molecule has 1 fully saturated rings. The highest BCUT2D eigenvalue weighted by Crippen LogP contribution is 2.33. The number of benzene rings is 1. The van der Waals surface area contributed by atoms with Gasteiger partial charge in [0.25, 0.3) is 0 Å². The smallest absolute Gasteiger partial charge is 0.237 e. The molecule has 134 valence electrons. The predicted molar refractivity (Wildman–Crippen MR) is 97.2 cm³/mol. The van der Waals surface area contributed by atoms with Crippen molar-refractivity contribution in [2.45, 2.75) is 62.4 Å². The molecule has 0 spiro atoms. The van der Waals surface area contributed by atoms with E-state index in [1.807, 2.05) is 13.8 Å². The van der Waals surface area contributed by atoms with E-state index in [9.17, 15) is 9.18 Å². The minimum atomic E-state index is -0.323. The summed E-state index contributed by atoms with van der Waals surface area (Å²) in [5, 5.41) is 11.8. The Morgan fingerprint density at radius 3 is 2.60 bits per heavy atom. The number of carbonyl (C=O) groups is 1. The summed E-state index contributed by atoms with van der Waals surface area (Å²) in [5.41, 5.74) is 0.587. The molecule has 0 bridgehead atoms. The van der Waals surface area contributed by atoms with E-state index in [1.165, 1.54) is 43.2 Å². The maximum Gasteiger partial charge on any atom is 0.237 e. The van der Waals surface area contributed by atoms with Crippen molar-refractivity contribution >= 4 is 23.4 Å². The Kier molecular flexibility index (Phi) is 5.73. The number of rotatable bonds is 5. The van der Waals surface area contributed by atoms with Gasteiger partial charge >= 0.3 is 0 Å². The third kappa shape index (κ3) is 4.39. The van der Waals surface area contributed by atoms with Gasteiger partial charge in [-0.25, -0.2) is 4.39 Å². The van der Waals surface area contributed by atoms with E-state index in [0.717, 1.165) is 23.8 Å². The van der Waals surface area contributed by atoms with Gasteiger partial charge in [-0.3, -0.25) is 4.79 Å². The van der Waals surface area contributed by atoms with Gasteiger partial charge in [0, 0.05) is 11.7 Å². The molecule has 5 nitrogen and oxygen atoms in total. The van der Waals surface area contributed by atoms with Crippen LogP contribution in [0.5, 0.6) is 0 Å². The zero-order valence-electron chi connectivity index (χ0n) is 14.5. The Bertz CT molecular complexity index is 725. The molecule has 1 aliphatic carbocycles. The van der Waals surface area contributed by atoms with Crippen LogP contribution in [0.1, 0.15) is 50.9 Å². The quantitative estimate of drug-likeness (QED) is 0.803. The van der Waals surface area contributed by atoms with E-state index in [0.29, 0.717) is 11.7 Å². The van der Waals surface area contributed by atoms with Gasteiger partial charge in [0.05, 0.1) is 5.25 Å². The van der Waals surface area contributed by atoms with E-state index in [1.54, 1.807) is 12.1 Å². The maximum absolute atomic E-state index is 13.0. The summed E-state index contributed by atoms with van der Waals surface area (Å²) >= 11 is 1.42. The second-order valence-corrected chi connectivity index (χ2v) is 7.76. The lowest BCUT2D eigenvalue weighted by Crippen LogP contribution is -2.23. The molecule has 7 heteroatoms. The highest BCUT2D eigenvalue weighted by molar-refractivity contribution is 8.00. The average molecular weight is 362 g/mol. The molecule has 1 heterocycles. The van der Waals surface area contributed by atoms with Crippen molar-refractivity contribution in [1.82, 2.24) is 14.8 Å². The second-order valence-electron chi connectivity index (χ2n) is 6.45. The minimum Gasteiger partial charge on any atom is -0.325 e. The van der Waals surface area contributed by atoms with Crippen molar-refractivity contribution in [2.24, 2.45) is 0 Å². The largest absolute Gasteiger partial charge is 0.325 e. The first-order valence-electron chi connectivity index (χ1n) is 8.69. The summed E-state index contributed by atoms with van der Waals surface area (Å²) < 4.78 is 15.1. The third-order valence-corrected chi connectivity index (χ3v) is 5.59. The molecule has 1 aliphatic rings. The number of aromatic nitrogens is 3. The van der Waals surface area contributed by atoms with Gasteiger partial charge in [0.15, 0.2) is 5.16 Å². The Labute approximate surface area is 151 Å². The number of nitrogens with zero attached hydrogens (tertiary/aromatic N) is 3. The van der Waals surface area contributed by atoms with Gasteiger partial charge in [-0.1, -0.05) is 31.0 Å². The first-order chi connectivity index (χ1) is 12.0. The lowest BCUT2D eigenvalue weighted by molar-refractivity contribution is -0.115. The number of hydrogen-bond acceptors (Lipinski definition) is 4. The van der Waals surface area contributed by atoms with E-state index in [4.69, 9.17) is 0 Å². The van der Waals surface area contributed by atoms with Crippen molar-refractivity contribution in [3.05, 3.63) is 35.9 Å². The van der Waals surface area contributed by atoms with Gasteiger partial charge in [0.1, 0.15) is 11.6 Å². The molecule has 1 N–H and O–H groups in total. The molecule has 25 heavy (non-hydrogen) atoms. The van der Waals surface area contributed by atoms with Crippen LogP contribution in [0.15, 0.2) is 29.4 Å². The molecule has 0 aliphatic heterocycles. The summed E-state index contributed by atoms with van der Waals surface area (Å²) in [6.07, 6.45) is 6.03. The van der Waals surface area contributed by atoms with Gasteiger partial charge < -0.3 is 9.88 Å². The maximum atomic E-state index is 13.0. The number of amides is 1. The van der Waals surface area contributed by atoms with Crippen LogP contribution in [0, 0.1) is 12.7 Å². The van der Waals surface area contributed by atoms with E-state index < -0.39 is 0 Å². The molecule has 1 atom stereocenters. The molecule has 1 unspecified atom stereocenters. The van der Waals surface area contributed by atoms with Crippen molar-refractivity contribution in [2.75, 3.05) is 5.32 Å². The minimum absolute atomic E-state index is 0.132. The topological polar surface area (TPSA) is 59.8 Å². The number of anilines is 1. The van der Waals surface area contributed by atoms with E-state index in [2.05, 4.69) is 20.1 Å². The Balaban J connectivity index is 1.67. The SMILES string of the molecule is Cc1nnc(SC(C)C(=O)Nc2ccc(F)cc2)n1C1CCCCC1. The highest BCUT2D eigenvalue weighted by atomic mass is 32.2. The molecule has 0 radical (unpaired) electrons. The highest BCUT2D eigenvalue weighted by Gasteiger charge is 2.24. The number of aryl methyl sites for hydroxylation is 1. The molecular weight excluding hydrogens is 339 g/mol. The van der Waals surface area contributed by atoms with Gasteiger partial charge in [-0.15, -0.1) is 10.2 Å². The van der Waals surface area contributed by atoms with Gasteiger partial charge in [-0.05, 0) is 51.0 Å². The van der Waals surface area contributed by atoms with Crippen LogP contribution in [-0.2, 0) is 4.79 Å². The summed E-state index contributed by atoms with van der Waals surface area (Å²) in [7, 11) is 0. The third-order valence-electron chi connectivity index (χ3n) is 4.54. The zero-order valence-corrected chi connectivity index (χ0v) is 15.4. The van der Waals surface area contributed by atoms with Gasteiger partial charge in [-0.2, -0.15) is 0 Å². The Hall–Kier alpha value is -1.89. The van der Waals surface area contributed by atoms with Crippen molar-refractivity contribution in [1.29, 1.82) is 0 Å². The zero-order chi connectivity index (χ0) is 17.8. The van der Waals surface area contributed by atoms with Crippen molar-refractivity contribution in [3.8, 4) is 0 Å². The second kappa shape index (κ2) is 7.99. The number of carbonyl (C=O) groups excluding carboxylic acids is 1. The summed E-state index contributed by atoms with van der Waals surface area (Å²) in [6, 6.07) is 6.20. The van der Waals surface area contributed by atoms with Crippen LogP contribution < -0.4 is 5.32 Å². The molecule has 2 aromatic rings. The molecule has 0 saturated heterocycles. The van der Waals surface area contributed by atoms with Crippen LogP contribution in [0.4, 0.5) is 10.1 Å². The summed E-state index contributed by atoms with van der Waals surface area (Å²) in [6.45, 7) is 3.81.